The van der Waals surface area contributed by atoms with Crippen LogP contribution in [0.5, 0.6) is 0 Å². The molecular weight excluding hydrogens is 983 g/mol. The van der Waals surface area contributed by atoms with Gasteiger partial charge in [-0.15, -0.1) is 0 Å². The Balaban J connectivity index is 3.58. The first kappa shape index (κ1) is 78.3. The minimum atomic E-state index is -1.29. The van der Waals surface area contributed by atoms with Crippen molar-refractivity contribution in [1.82, 2.24) is 5.32 Å². The predicted octanol–water partition coefficient (Wildman–Crippen LogP) is 22.4. The summed E-state index contributed by atoms with van der Waals surface area (Å²) >= 11 is 0. The summed E-state index contributed by atoms with van der Waals surface area (Å²) in [5, 5.41) is 44.2. The topological polar surface area (TPSA) is 110 Å². The van der Waals surface area contributed by atoms with Crippen LogP contribution in [0, 0.1) is 0 Å². The molecule has 0 aliphatic rings. The molecule has 0 saturated heterocycles. The lowest BCUT2D eigenvalue weighted by molar-refractivity contribution is -0.132. The van der Waals surface area contributed by atoms with Gasteiger partial charge < -0.3 is 25.7 Å². The Morgan fingerprint density at radius 1 is 0.312 bits per heavy atom. The third-order valence-electron chi connectivity index (χ3n) is 17.0. The van der Waals surface area contributed by atoms with Crippen molar-refractivity contribution in [2.75, 3.05) is 6.61 Å². The van der Waals surface area contributed by atoms with E-state index in [9.17, 15) is 25.2 Å². The van der Waals surface area contributed by atoms with Gasteiger partial charge in [0.05, 0.1) is 18.8 Å². The number of unbranched alkanes of at least 4 members (excludes halogenated alkanes) is 50. The van der Waals surface area contributed by atoms with E-state index < -0.39 is 36.9 Å². The molecule has 0 aliphatic heterocycles. The van der Waals surface area contributed by atoms with E-state index in [1.54, 1.807) is 0 Å². The Hall–Kier alpha value is -1.73. The second-order valence-corrected chi connectivity index (χ2v) is 24.9. The van der Waals surface area contributed by atoms with Crippen LogP contribution in [-0.4, -0.2) is 57.3 Å². The highest BCUT2D eigenvalue weighted by Gasteiger charge is 2.28. The summed E-state index contributed by atoms with van der Waals surface area (Å²) in [6.45, 7) is 4.09. The average Bonchev–Trinajstić information content (AvgIpc) is 3.46. The van der Waals surface area contributed by atoms with Crippen molar-refractivity contribution >= 4 is 5.91 Å². The molecule has 0 aromatic carbocycles. The normalized spacial score (nSPS) is 13.7. The first-order chi connectivity index (χ1) is 39.5. The van der Waals surface area contributed by atoms with E-state index in [4.69, 9.17) is 0 Å². The van der Waals surface area contributed by atoms with Gasteiger partial charge in [-0.3, -0.25) is 4.79 Å². The molecule has 0 aromatic heterocycles. The molecule has 6 nitrogen and oxygen atoms in total. The third kappa shape index (κ3) is 60.8. The van der Waals surface area contributed by atoms with Crippen molar-refractivity contribution in [3.8, 4) is 0 Å². The van der Waals surface area contributed by atoms with Crippen LogP contribution in [0.25, 0.3) is 0 Å². The van der Waals surface area contributed by atoms with E-state index in [-0.39, 0.29) is 0 Å². The highest BCUT2D eigenvalue weighted by molar-refractivity contribution is 5.80. The molecule has 0 aromatic rings. The summed E-state index contributed by atoms with van der Waals surface area (Å²) in [5.41, 5.74) is 0. The van der Waals surface area contributed by atoms with Crippen molar-refractivity contribution in [3.05, 3.63) is 48.6 Å². The summed E-state index contributed by atoms with van der Waals surface area (Å²) < 4.78 is 0. The minimum Gasteiger partial charge on any atom is -0.394 e. The maximum Gasteiger partial charge on any atom is 0.249 e. The largest absolute Gasteiger partial charge is 0.394 e. The van der Waals surface area contributed by atoms with E-state index in [0.717, 1.165) is 44.9 Å². The molecule has 4 unspecified atom stereocenters. The predicted molar refractivity (Wildman–Crippen MR) is 353 cm³/mol. The number of rotatable bonds is 67. The van der Waals surface area contributed by atoms with Gasteiger partial charge in [0, 0.05) is 0 Å². The number of aliphatic hydroxyl groups is 4. The van der Waals surface area contributed by atoms with Gasteiger partial charge >= 0.3 is 0 Å². The Kier molecular flexibility index (Phi) is 66.6. The van der Waals surface area contributed by atoms with Gasteiger partial charge in [-0.05, 0) is 83.5 Å². The number of aliphatic hydroxyl groups excluding tert-OH is 4. The lowest BCUT2D eigenvalue weighted by Gasteiger charge is -2.27. The highest BCUT2D eigenvalue weighted by Crippen LogP contribution is 2.19. The van der Waals surface area contributed by atoms with Gasteiger partial charge in [0.25, 0.3) is 0 Å². The minimum absolute atomic E-state index is 0.360. The number of allylic oxidation sites excluding steroid dienone is 8. The molecule has 1 amide bonds. The fraction of sp³-hybridized carbons (Fsp3) is 0.878. The van der Waals surface area contributed by atoms with Crippen LogP contribution < -0.4 is 5.32 Å². The average molecular weight is 1120 g/mol. The van der Waals surface area contributed by atoms with E-state index in [2.05, 4.69) is 67.8 Å². The number of hydrogen-bond donors (Lipinski definition) is 5. The number of hydrogen-bond acceptors (Lipinski definition) is 5. The Morgan fingerprint density at radius 2 is 0.562 bits per heavy atom. The van der Waals surface area contributed by atoms with Crippen molar-refractivity contribution in [3.63, 3.8) is 0 Å². The lowest BCUT2D eigenvalue weighted by atomic mass is 10.00. The second-order valence-electron chi connectivity index (χ2n) is 24.9. The van der Waals surface area contributed by atoms with Gasteiger partial charge in [-0.25, -0.2) is 0 Å². The van der Waals surface area contributed by atoms with E-state index >= 15 is 0 Å². The molecular formula is C74H141NO5. The molecule has 0 bridgehead atoms. The molecule has 0 saturated carbocycles. The standard InChI is InChI=1S/C74H141NO5/c1-3-5-7-9-11-13-15-17-19-21-23-25-27-29-31-32-33-34-35-36-37-38-39-40-41-42-44-46-48-50-52-54-56-58-60-62-64-66-68-72(78)74(80)75-70(69-76)73(79)71(77)67-65-63-61-59-57-55-53-51-49-47-45-43-30-28-26-24-22-20-18-16-14-12-10-8-6-4-2/h33-34,36-37,51,53,59,61,70-73,76-79H,3-32,35,38-50,52,54-58,60,62-69H2,1-2H3,(H,75,80)/b34-33-,37-36-,53-51+,61-59+. The molecule has 472 valence electrons. The first-order valence-electron chi connectivity index (χ1n) is 36.0. The first-order valence-corrected chi connectivity index (χ1v) is 36.0. The summed E-state index contributed by atoms with van der Waals surface area (Å²) in [4.78, 5) is 12.7. The van der Waals surface area contributed by atoms with E-state index in [0.29, 0.717) is 19.3 Å². The van der Waals surface area contributed by atoms with Gasteiger partial charge in [-0.2, -0.15) is 0 Å². The Bertz CT molecular complexity index is 1310. The molecule has 0 heterocycles. The number of amides is 1. The van der Waals surface area contributed by atoms with Crippen LogP contribution in [0.2, 0.25) is 0 Å². The third-order valence-corrected chi connectivity index (χ3v) is 17.0. The van der Waals surface area contributed by atoms with Crippen LogP contribution in [0.3, 0.4) is 0 Å². The van der Waals surface area contributed by atoms with Gasteiger partial charge in [-0.1, -0.05) is 351 Å². The van der Waals surface area contributed by atoms with Gasteiger partial charge in [0.1, 0.15) is 12.2 Å². The Morgan fingerprint density at radius 3 is 0.863 bits per heavy atom. The van der Waals surface area contributed by atoms with Crippen molar-refractivity contribution < 1.29 is 25.2 Å². The molecule has 6 heteroatoms. The number of carbonyl (C=O) groups is 1. The highest BCUT2D eigenvalue weighted by atomic mass is 16.3. The monoisotopic (exact) mass is 1120 g/mol. The summed E-state index contributed by atoms with van der Waals surface area (Å²) in [5.74, 6) is -0.593. The fourth-order valence-corrected chi connectivity index (χ4v) is 11.4. The second kappa shape index (κ2) is 68.1. The van der Waals surface area contributed by atoms with Gasteiger partial charge in [0.15, 0.2) is 0 Å². The summed E-state index contributed by atoms with van der Waals surface area (Å²) in [6.07, 6.45) is 89.7. The van der Waals surface area contributed by atoms with Crippen LogP contribution >= 0.6 is 0 Å². The number of nitrogens with one attached hydrogen (secondary N) is 1. The van der Waals surface area contributed by atoms with Crippen LogP contribution in [0.4, 0.5) is 0 Å². The van der Waals surface area contributed by atoms with Crippen LogP contribution in [0.15, 0.2) is 48.6 Å². The van der Waals surface area contributed by atoms with Gasteiger partial charge in [0.2, 0.25) is 5.91 Å². The zero-order valence-electron chi connectivity index (χ0n) is 53.8. The summed E-state index contributed by atoms with van der Waals surface area (Å²) in [6, 6.07) is -1.01. The maximum atomic E-state index is 12.7. The van der Waals surface area contributed by atoms with Crippen molar-refractivity contribution in [1.29, 1.82) is 0 Å². The molecule has 0 radical (unpaired) electrons. The van der Waals surface area contributed by atoms with E-state index in [1.807, 2.05) is 0 Å². The van der Waals surface area contributed by atoms with Crippen molar-refractivity contribution in [2.45, 2.75) is 411 Å². The SMILES string of the molecule is CCCCCCCCCCCCCCCCC/C=C\C/C=C\CCCCCCCCCCCCCCCCCCC(O)C(=O)NC(CO)C(O)C(O)CCC/C=C/CC/C=C/CCCCCCCCCCCCCCCCCCC. The molecule has 5 N–H and O–H groups in total. The quantitative estimate of drug-likeness (QED) is 0.0308. The zero-order valence-corrected chi connectivity index (χ0v) is 53.8. The van der Waals surface area contributed by atoms with Crippen LogP contribution in [0.1, 0.15) is 386 Å². The lowest BCUT2D eigenvalue weighted by Crippen LogP contribution is -2.53. The maximum absolute atomic E-state index is 12.7. The zero-order chi connectivity index (χ0) is 58.0. The smallest absolute Gasteiger partial charge is 0.249 e. The fourth-order valence-electron chi connectivity index (χ4n) is 11.4. The molecule has 0 spiro atoms. The van der Waals surface area contributed by atoms with Crippen LogP contribution in [-0.2, 0) is 4.79 Å². The molecule has 4 atom stereocenters. The molecule has 0 fully saturated rings. The molecule has 0 aliphatic carbocycles. The summed E-state index contributed by atoms with van der Waals surface area (Å²) in [7, 11) is 0. The molecule has 80 heavy (non-hydrogen) atoms. The molecule has 0 rings (SSSR count). The van der Waals surface area contributed by atoms with E-state index in [1.165, 1.54) is 308 Å². The Labute approximate surface area is 500 Å². The number of carbonyl (C=O) groups excluding carboxylic acids is 1. The van der Waals surface area contributed by atoms with Crippen molar-refractivity contribution in [2.24, 2.45) is 0 Å².